The Labute approximate surface area is 158 Å². The number of benzene rings is 2. The van der Waals surface area contributed by atoms with Crippen molar-refractivity contribution in [2.45, 2.75) is 31.6 Å². The maximum absolute atomic E-state index is 11.9. The van der Waals surface area contributed by atoms with E-state index in [0.717, 1.165) is 16.9 Å². The lowest BCUT2D eigenvalue weighted by Gasteiger charge is -2.27. The van der Waals surface area contributed by atoms with Gasteiger partial charge in [-0.15, -0.1) is 0 Å². The maximum atomic E-state index is 11.9. The molecular formula is C22H24O5. The molecule has 0 aromatic heterocycles. The molecule has 1 aliphatic carbocycles. The highest BCUT2D eigenvalue weighted by molar-refractivity contribution is 5.91. The van der Waals surface area contributed by atoms with E-state index in [-0.39, 0.29) is 28.8 Å². The molecule has 1 N–H and O–H groups in total. The molecule has 27 heavy (non-hydrogen) atoms. The number of esters is 1. The molecule has 2 atom stereocenters. The Morgan fingerprint density at radius 2 is 1.67 bits per heavy atom. The molecule has 5 nitrogen and oxygen atoms in total. The van der Waals surface area contributed by atoms with Crippen LogP contribution >= 0.6 is 0 Å². The monoisotopic (exact) mass is 368 g/mol. The molecule has 5 heteroatoms. The number of carbonyl (C=O) groups excluding carboxylic acids is 1. The summed E-state index contributed by atoms with van der Waals surface area (Å²) in [6.45, 7) is 4.12. The van der Waals surface area contributed by atoms with Crippen LogP contribution < -0.4 is 4.74 Å². The van der Waals surface area contributed by atoms with Gasteiger partial charge in [0, 0.05) is 5.41 Å². The number of hydrogen-bond acceptors (Lipinski definition) is 4. The van der Waals surface area contributed by atoms with Crippen LogP contribution in [0.1, 0.15) is 53.2 Å². The number of carboxylic acids is 1. The quantitative estimate of drug-likeness (QED) is 0.781. The van der Waals surface area contributed by atoms with Crippen molar-refractivity contribution in [1.82, 2.24) is 0 Å². The van der Waals surface area contributed by atoms with Crippen LogP contribution in [0, 0.1) is 5.92 Å². The van der Waals surface area contributed by atoms with Crippen LogP contribution in [0.5, 0.6) is 5.75 Å². The zero-order chi connectivity index (χ0) is 19.8. The van der Waals surface area contributed by atoms with Crippen LogP contribution in [0.15, 0.2) is 42.5 Å². The second-order valence-electron chi connectivity index (χ2n) is 7.43. The van der Waals surface area contributed by atoms with Crippen molar-refractivity contribution in [3.63, 3.8) is 0 Å². The van der Waals surface area contributed by atoms with Gasteiger partial charge in [-0.1, -0.05) is 38.1 Å². The highest BCUT2D eigenvalue weighted by Crippen LogP contribution is 2.49. The third kappa shape index (κ3) is 3.54. The summed E-state index contributed by atoms with van der Waals surface area (Å²) in [7, 11) is 2.98. The average molecular weight is 368 g/mol. The minimum absolute atomic E-state index is 0.0818. The molecule has 2 unspecified atom stereocenters. The third-order valence-electron chi connectivity index (χ3n) is 5.51. The van der Waals surface area contributed by atoms with Crippen LogP contribution in [0.2, 0.25) is 0 Å². The lowest BCUT2D eigenvalue weighted by Crippen LogP contribution is -2.20. The van der Waals surface area contributed by atoms with Crippen molar-refractivity contribution in [3.8, 4) is 5.75 Å². The van der Waals surface area contributed by atoms with Crippen LogP contribution in [-0.4, -0.2) is 31.3 Å². The first-order chi connectivity index (χ1) is 12.8. The Morgan fingerprint density at radius 3 is 2.22 bits per heavy atom. The molecule has 1 saturated carbocycles. The van der Waals surface area contributed by atoms with Gasteiger partial charge >= 0.3 is 11.9 Å². The van der Waals surface area contributed by atoms with E-state index in [9.17, 15) is 14.7 Å². The summed E-state index contributed by atoms with van der Waals surface area (Å²) in [5, 5.41) is 9.72. The summed E-state index contributed by atoms with van der Waals surface area (Å²) in [6, 6.07) is 13.3. The van der Waals surface area contributed by atoms with E-state index in [1.54, 1.807) is 13.2 Å². The van der Waals surface area contributed by atoms with Crippen LogP contribution in [0.3, 0.4) is 0 Å². The third-order valence-corrected chi connectivity index (χ3v) is 5.51. The minimum Gasteiger partial charge on any atom is -0.497 e. The van der Waals surface area contributed by atoms with Gasteiger partial charge in [0.15, 0.2) is 0 Å². The molecule has 0 heterocycles. The maximum Gasteiger partial charge on any atom is 0.335 e. The Morgan fingerprint density at radius 1 is 1.04 bits per heavy atom. The fourth-order valence-electron chi connectivity index (χ4n) is 3.58. The van der Waals surface area contributed by atoms with Crippen molar-refractivity contribution >= 4 is 11.9 Å². The molecule has 0 bridgehead atoms. The zero-order valence-electron chi connectivity index (χ0n) is 16.0. The molecule has 2 aromatic rings. The number of aromatic carboxylic acids is 1. The fourth-order valence-corrected chi connectivity index (χ4v) is 3.58. The van der Waals surface area contributed by atoms with Crippen molar-refractivity contribution in [1.29, 1.82) is 0 Å². The van der Waals surface area contributed by atoms with Gasteiger partial charge in [0.05, 0.1) is 25.7 Å². The molecule has 3 rings (SSSR count). The van der Waals surface area contributed by atoms with Gasteiger partial charge in [-0.05, 0) is 47.2 Å². The van der Waals surface area contributed by atoms with Crippen LogP contribution in [0.25, 0.3) is 0 Å². The molecule has 0 amide bonds. The number of methoxy groups -OCH3 is 2. The summed E-state index contributed by atoms with van der Waals surface area (Å²) < 4.78 is 9.99. The Bertz CT molecular complexity index is 867. The number of carboxylic acid groups (broad SMARTS) is 1. The van der Waals surface area contributed by atoms with E-state index >= 15 is 0 Å². The molecule has 0 aliphatic heterocycles. The molecule has 2 aromatic carbocycles. The molecule has 0 saturated heterocycles. The Balaban J connectivity index is 1.96. The van der Waals surface area contributed by atoms with Gasteiger partial charge in [-0.3, -0.25) is 4.79 Å². The molecule has 0 radical (unpaired) electrons. The number of hydrogen-bond donors (Lipinski definition) is 1. The standard InChI is InChI=1S/C22H24O5/c1-22(2,13-5-8-15(26-3)9-6-13)14-7-10-16(18(11-14)20(23)24)17-12-19(17)21(25)27-4/h5-11,17,19H,12H2,1-4H3,(H,23,24). The first-order valence-corrected chi connectivity index (χ1v) is 8.89. The smallest absolute Gasteiger partial charge is 0.335 e. The van der Waals surface area contributed by atoms with Crippen LogP contribution in [-0.2, 0) is 14.9 Å². The van der Waals surface area contributed by atoms with E-state index in [1.807, 2.05) is 36.4 Å². The van der Waals surface area contributed by atoms with Gasteiger partial charge in [0.25, 0.3) is 0 Å². The van der Waals surface area contributed by atoms with Gasteiger partial charge in [-0.2, -0.15) is 0 Å². The second kappa shape index (κ2) is 7.06. The first-order valence-electron chi connectivity index (χ1n) is 8.89. The van der Waals surface area contributed by atoms with E-state index in [2.05, 4.69) is 13.8 Å². The van der Waals surface area contributed by atoms with E-state index in [0.29, 0.717) is 12.0 Å². The largest absolute Gasteiger partial charge is 0.497 e. The van der Waals surface area contributed by atoms with Gasteiger partial charge in [0.2, 0.25) is 0 Å². The van der Waals surface area contributed by atoms with E-state index < -0.39 is 5.97 Å². The van der Waals surface area contributed by atoms with Crippen molar-refractivity contribution in [2.75, 3.05) is 14.2 Å². The molecular weight excluding hydrogens is 344 g/mol. The summed E-state index contributed by atoms with van der Waals surface area (Å²) >= 11 is 0. The summed E-state index contributed by atoms with van der Waals surface area (Å²) in [6.07, 6.45) is 0.633. The number of ether oxygens (including phenoxy) is 2. The highest BCUT2D eigenvalue weighted by Gasteiger charge is 2.46. The zero-order valence-corrected chi connectivity index (χ0v) is 16.0. The predicted molar refractivity (Wildman–Crippen MR) is 101 cm³/mol. The van der Waals surface area contributed by atoms with E-state index in [4.69, 9.17) is 9.47 Å². The van der Waals surface area contributed by atoms with Gasteiger partial charge in [0.1, 0.15) is 5.75 Å². The minimum atomic E-state index is -0.979. The van der Waals surface area contributed by atoms with Crippen molar-refractivity contribution < 1.29 is 24.2 Å². The lowest BCUT2D eigenvalue weighted by atomic mass is 9.77. The number of rotatable bonds is 6. The fraction of sp³-hybridized carbons (Fsp3) is 0.364. The summed E-state index contributed by atoms with van der Waals surface area (Å²) in [4.78, 5) is 23.6. The second-order valence-corrected chi connectivity index (χ2v) is 7.43. The topological polar surface area (TPSA) is 72.8 Å². The Kier molecular flexibility index (Phi) is 4.96. The first kappa shape index (κ1) is 19.0. The summed E-state index contributed by atoms with van der Waals surface area (Å²) in [5.74, 6) is -0.805. The molecule has 1 fully saturated rings. The molecule has 0 spiro atoms. The van der Waals surface area contributed by atoms with Gasteiger partial charge < -0.3 is 14.6 Å². The normalized spacial score (nSPS) is 18.7. The lowest BCUT2D eigenvalue weighted by molar-refractivity contribution is -0.142. The Hall–Kier alpha value is -2.82. The van der Waals surface area contributed by atoms with Gasteiger partial charge in [-0.25, -0.2) is 4.79 Å². The van der Waals surface area contributed by atoms with Crippen LogP contribution in [0.4, 0.5) is 0 Å². The highest BCUT2D eigenvalue weighted by atomic mass is 16.5. The predicted octanol–water partition coefficient (Wildman–Crippen LogP) is 4.00. The molecule has 142 valence electrons. The SMILES string of the molecule is COC(=O)C1CC1c1ccc(C(C)(C)c2ccc(OC)cc2)cc1C(=O)O. The molecule has 1 aliphatic rings. The van der Waals surface area contributed by atoms with Crippen molar-refractivity contribution in [3.05, 3.63) is 64.7 Å². The average Bonchev–Trinajstić information content (AvgIpc) is 3.47. The van der Waals surface area contributed by atoms with Crippen molar-refractivity contribution in [2.24, 2.45) is 5.92 Å². The number of carbonyl (C=O) groups is 2. The van der Waals surface area contributed by atoms with E-state index in [1.165, 1.54) is 7.11 Å². The summed E-state index contributed by atoms with van der Waals surface area (Å²) in [5.41, 5.74) is 2.55.